The molecule has 1 aromatic heterocycles. The van der Waals surface area contributed by atoms with Gasteiger partial charge >= 0.3 is 5.97 Å². The number of aliphatic imine (C=N–C) groups is 1. The van der Waals surface area contributed by atoms with Crippen LogP contribution in [-0.2, 0) is 26.0 Å². The van der Waals surface area contributed by atoms with Crippen molar-refractivity contribution in [2.45, 2.75) is 24.7 Å². The molecule has 27 heavy (non-hydrogen) atoms. The molecular formula is C18H18N2O5S2. The lowest BCUT2D eigenvalue weighted by molar-refractivity contribution is -0.142. The van der Waals surface area contributed by atoms with E-state index in [1.54, 1.807) is 24.3 Å². The minimum absolute atomic E-state index is 0.0503. The highest BCUT2D eigenvalue weighted by Crippen LogP contribution is 2.22. The number of fused-ring (bicyclic) bond motifs is 1. The molecule has 9 heteroatoms. The van der Waals surface area contributed by atoms with Gasteiger partial charge in [0.25, 0.3) is 10.0 Å². The lowest BCUT2D eigenvalue weighted by Gasteiger charge is -2.03. The summed E-state index contributed by atoms with van der Waals surface area (Å²) in [6, 6.07) is 10.1. The Hall–Kier alpha value is -2.52. The minimum Gasteiger partial charge on any atom is -0.457 e. The van der Waals surface area contributed by atoms with E-state index in [0.29, 0.717) is 10.4 Å². The summed E-state index contributed by atoms with van der Waals surface area (Å²) in [6.07, 6.45) is 0.802. The van der Waals surface area contributed by atoms with E-state index in [0.717, 1.165) is 11.3 Å². The Morgan fingerprint density at radius 2 is 1.96 bits per heavy atom. The number of nitrogens with zero attached hydrogens (tertiary/aromatic N) is 1. The maximum absolute atomic E-state index is 12.0. The van der Waals surface area contributed by atoms with Gasteiger partial charge in [-0.05, 0) is 30.7 Å². The van der Waals surface area contributed by atoms with Gasteiger partial charge in [-0.15, -0.1) is 11.3 Å². The molecule has 1 aliphatic rings. The third kappa shape index (κ3) is 4.42. The van der Waals surface area contributed by atoms with Crippen LogP contribution in [0.5, 0.6) is 0 Å². The van der Waals surface area contributed by atoms with Crippen molar-refractivity contribution in [3.63, 3.8) is 0 Å². The molecule has 0 unspecified atom stereocenters. The zero-order chi connectivity index (χ0) is 19.4. The summed E-state index contributed by atoms with van der Waals surface area (Å²) < 4.78 is 31.3. The Balaban J connectivity index is 1.51. The Bertz CT molecular complexity index is 1010. The van der Waals surface area contributed by atoms with Crippen LogP contribution in [-0.4, -0.2) is 39.2 Å². The van der Waals surface area contributed by atoms with Crippen LogP contribution in [0, 0.1) is 0 Å². The van der Waals surface area contributed by atoms with Gasteiger partial charge in [-0.2, -0.15) is 0 Å². The third-order valence-corrected chi connectivity index (χ3v) is 6.57. The molecular weight excluding hydrogens is 388 g/mol. The lowest BCUT2D eigenvalue weighted by Crippen LogP contribution is -2.22. The van der Waals surface area contributed by atoms with Gasteiger partial charge in [0.15, 0.2) is 6.61 Å². The molecule has 0 bridgehead atoms. The van der Waals surface area contributed by atoms with Crippen LogP contribution in [0.2, 0.25) is 0 Å². The van der Waals surface area contributed by atoms with Crippen LogP contribution in [0.3, 0.4) is 0 Å². The fourth-order valence-electron chi connectivity index (χ4n) is 2.52. The van der Waals surface area contributed by atoms with Gasteiger partial charge < -0.3 is 4.74 Å². The molecule has 2 heterocycles. The zero-order valence-corrected chi connectivity index (χ0v) is 16.2. The van der Waals surface area contributed by atoms with Crippen LogP contribution in [0.15, 0.2) is 46.3 Å². The van der Waals surface area contributed by atoms with E-state index in [4.69, 9.17) is 4.74 Å². The maximum Gasteiger partial charge on any atom is 0.308 e. The monoisotopic (exact) mass is 406 g/mol. The van der Waals surface area contributed by atoms with Crippen molar-refractivity contribution in [1.82, 2.24) is 4.72 Å². The number of rotatable bonds is 7. The van der Waals surface area contributed by atoms with Crippen molar-refractivity contribution < 1.29 is 22.7 Å². The summed E-state index contributed by atoms with van der Waals surface area (Å²) in [6.45, 7) is 1.75. The molecule has 1 N–H and O–H groups in total. The number of ether oxygens (including phenoxy) is 1. The molecule has 0 saturated heterocycles. The summed E-state index contributed by atoms with van der Waals surface area (Å²) in [5.74, 6) is -0.592. The molecule has 3 rings (SSSR count). The number of carbonyl (C=O) groups excluding carboxylic acids is 2. The molecule has 7 nitrogen and oxygen atoms in total. The highest BCUT2D eigenvalue weighted by molar-refractivity contribution is 7.90. The number of Topliss-reactive ketones (excluding diaryl/α,β-unsaturated/α-hetero) is 1. The van der Waals surface area contributed by atoms with E-state index in [-0.39, 0.29) is 36.1 Å². The normalized spacial score (nSPS) is 16.0. The van der Waals surface area contributed by atoms with E-state index in [1.807, 2.05) is 13.0 Å². The second kappa shape index (κ2) is 8.01. The van der Waals surface area contributed by atoms with Crippen LogP contribution < -0.4 is 4.72 Å². The van der Waals surface area contributed by atoms with Crippen LogP contribution in [0.4, 0.5) is 0 Å². The highest BCUT2D eigenvalue weighted by Gasteiger charge is 2.29. The average Bonchev–Trinajstić information content (AvgIpc) is 3.23. The fraction of sp³-hybridized carbons (Fsp3) is 0.278. The van der Waals surface area contributed by atoms with Crippen molar-refractivity contribution in [3.8, 4) is 0 Å². The second-order valence-electron chi connectivity index (χ2n) is 5.79. The van der Waals surface area contributed by atoms with Crippen molar-refractivity contribution in [1.29, 1.82) is 0 Å². The van der Waals surface area contributed by atoms with Gasteiger partial charge in [-0.3, -0.25) is 19.3 Å². The summed E-state index contributed by atoms with van der Waals surface area (Å²) in [5.41, 5.74) is 0.477. The standard InChI is InChI=1S/C18H18N2O5S2/c1-2-12-7-8-15(26-12)14(21)11-25-17(22)9-10-19-18-13-5-3-4-6-16(13)27(23,24)20-18/h3-8H,2,9-11H2,1H3,(H,19,20). The molecule has 0 spiro atoms. The first kappa shape index (κ1) is 19.2. The summed E-state index contributed by atoms with van der Waals surface area (Å²) in [7, 11) is -3.60. The van der Waals surface area contributed by atoms with Crippen LogP contribution >= 0.6 is 11.3 Å². The zero-order valence-electron chi connectivity index (χ0n) is 14.6. The number of benzene rings is 1. The topological polar surface area (TPSA) is 102 Å². The Morgan fingerprint density at radius 1 is 1.19 bits per heavy atom. The summed E-state index contributed by atoms with van der Waals surface area (Å²) >= 11 is 1.39. The minimum atomic E-state index is -3.60. The molecule has 0 aliphatic carbocycles. The van der Waals surface area contributed by atoms with E-state index in [9.17, 15) is 18.0 Å². The van der Waals surface area contributed by atoms with Crippen LogP contribution in [0.1, 0.15) is 33.5 Å². The van der Waals surface area contributed by atoms with E-state index in [2.05, 4.69) is 9.71 Å². The molecule has 1 aliphatic heterocycles. The maximum atomic E-state index is 12.0. The predicted octanol–water partition coefficient (Wildman–Crippen LogP) is 2.17. The molecule has 0 saturated carbocycles. The fourth-order valence-corrected chi connectivity index (χ4v) is 4.64. The van der Waals surface area contributed by atoms with Gasteiger partial charge in [-0.1, -0.05) is 19.1 Å². The van der Waals surface area contributed by atoms with Gasteiger partial charge in [0.2, 0.25) is 5.78 Å². The third-order valence-electron chi connectivity index (χ3n) is 3.90. The molecule has 0 radical (unpaired) electrons. The predicted molar refractivity (Wildman–Crippen MR) is 102 cm³/mol. The number of nitrogens with one attached hydrogen (secondary N) is 1. The lowest BCUT2D eigenvalue weighted by atomic mass is 10.2. The number of sulfonamides is 1. The average molecular weight is 406 g/mol. The number of ketones is 1. The Labute approximate surface area is 161 Å². The smallest absolute Gasteiger partial charge is 0.308 e. The molecule has 2 aromatic rings. The van der Waals surface area contributed by atoms with Gasteiger partial charge in [0.05, 0.1) is 22.7 Å². The summed E-state index contributed by atoms with van der Waals surface area (Å²) in [4.78, 5) is 29.8. The number of aryl methyl sites for hydroxylation is 1. The van der Waals surface area contributed by atoms with Crippen molar-refractivity contribution in [3.05, 3.63) is 51.7 Å². The van der Waals surface area contributed by atoms with Gasteiger partial charge in [0, 0.05) is 10.4 Å². The number of hydrogen-bond acceptors (Lipinski definition) is 7. The largest absolute Gasteiger partial charge is 0.457 e. The van der Waals surface area contributed by atoms with Crippen LogP contribution in [0.25, 0.3) is 0 Å². The molecule has 142 valence electrons. The quantitative estimate of drug-likeness (QED) is 0.561. The molecule has 0 atom stereocenters. The number of thiophene rings is 1. The molecule has 1 aromatic carbocycles. The number of amidine groups is 1. The van der Waals surface area contributed by atoms with Crippen molar-refractivity contribution >= 4 is 38.9 Å². The van der Waals surface area contributed by atoms with E-state index in [1.165, 1.54) is 17.4 Å². The molecule has 0 amide bonds. The van der Waals surface area contributed by atoms with Gasteiger partial charge in [-0.25, -0.2) is 8.42 Å². The van der Waals surface area contributed by atoms with E-state index < -0.39 is 16.0 Å². The van der Waals surface area contributed by atoms with Gasteiger partial charge in [0.1, 0.15) is 5.84 Å². The number of esters is 1. The first-order valence-corrected chi connectivity index (χ1v) is 10.6. The Kier molecular flexibility index (Phi) is 5.71. The number of carbonyl (C=O) groups is 2. The summed E-state index contributed by atoms with van der Waals surface area (Å²) in [5, 5.41) is 0. The highest BCUT2D eigenvalue weighted by atomic mass is 32.2. The van der Waals surface area contributed by atoms with Crippen molar-refractivity contribution in [2.24, 2.45) is 4.99 Å². The second-order valence-corrected chi connectivity index (χ2v) is 8.60. The van der Waals surface area contributed by atoms with E-state index >= 15 is 0 Å². The first-order chi connectivity index (χ1) is 12.9. The van der Waals surface area contributed by atoms with Crippen molar-refractivity contribution in [2.75, 3.05) is 13.2 Å². The first-order valence-electron chi connectivity index (χ1n) is 8.35. The Morgan fingerprint density at radius 3 is 2.70 bits per heavy atom. The SMILES string of the molecule is CCc1ccc(C(=O)COC(=O)CCN=C2NS(=O)(=O)c3ccccc32)s1. The number of hydrogen-bond donors (Lipinski definition) is 1. The molecule has 0 fully saturated rings.